The highest BCUT2D eigenvalue weighted by atomic mass is 16.5. The first kappa shape index (κ1) is 18.7. The van der Waals surface area contributed by atoms with Crippen LogP contribution in [0.5, 0.6) is 0 Å². The molecule has 0 aliphatic rings. The fourth-order valence-electron chi connectivity index (χ4n) is 2.55. The zero-order valence-electron chi connectivity index (χ0n) is 15.2. The molecular formula is C21H25NO3. The van der Waals surface area contributed by atoms with E-state index in [0.717, 1.165) is 11.1 Å². The number of hydrogen-bond acceptors (Lipinski definition) is 3. The molecule has 0 aliphatic heterocycles. The van der Waals surface area contributed by atoms with Crippen LogP contribution in [-0.4, -0.2) is 25.0 Å². The molecule has 0 heterocycles. The van der Waals surface area contributed by atoms with Gasteiger partial charge in [0, 0.05) is 12.0 Å². The molecule has 2 aromatic rings. The van der Waals surface area contributed by atoms with Crippen molar-refractivity contribution in [2.24, 2.45) is 0 Å². The molecule has 132 valence electrons. The summed E-state index contributed by atoms with van der Waals surface area (Å²) in [5, 5.41) is 2.78. The minimum atomic E-state index is -0.720. The fourth-order valence-corrected chi connectivity index (χ4v) is 2.55. The Bertz CT molecular complexity index is 715. The van der Waals surface area contributed by atoms with Gasteiger partial charge >= 0.3 is 5.97 Å². The van der Waals surface area contributed by atoms with Crippen LogP contribution < -0.4 is 5.32 Å². The molecule has 0 unspecified atom stereocenters. The predicted molar refractivity (Wildman–Crippen MR) is 98.6 cm³/mol. The number of rotatable bonds is 5. The number of carbonyl (C=O) groups excluding carboxylic acids is 2. The Kier molecular flexibility index (Phi) is 5.97. The van der Waals surface area contributed by atoms with Gasteiger partial charge in [-0.1, -0.05) is 63.2 Å². The van der Waals surface area contributed by atoms with E-state index in [1.54, 1.807) is 12.1 Å². The van der Waals surface area contributed by atoms with Crippen molar-refractivity contribution in [3.8, 4) is 0 Å². The number of ether oxygens (including phenoxy) is 1. The third kappa shape index (κ3) is 5.18. The van der Waals surface area contributed by atoms with E-state index in [2.05, 4.69) is 26.1 Å². The normalized spacial score (nSPS) is 12.3. The van der Waals surface area contributed by atoms with Crippen LogP contribution in [0.4, 0.5) is 0 Å². The first-order chi connectivity index (χ1) is 11.8. The smallest absolute Gasteiger partial charge is 0.328 e. The lowest BCUT2D eigenvalue weighted by atomic mass is 9.86. The van der Waals surface area contributed by atoms with Crippen LogP contribution in [0.1, 0.15) is 42.3 Å². The lowest BCUT2D eigenvalue weighted by Gasteiger charge is -2.20. The molecule has 4 heteroatoms. The molecule has 1 N–H and O–H groups in total. The van der Waals surface area contributed by atoms with Crippen molar-refractivity contribution in [2.45, 2.75) is 38.6 Å². The van der Waals surface area contributed by atoms with E-state index < -0.39 is 12.0 Å². The van der Waals surface area contributed by atoms with Gasteiger partial charge in [-0.3, -0.25) is 4.79 Å². The monoisotopic (exact) mass is 339 g/mol. The van der Waals surface area contributed by atoms with E-state index in [1.807, 2.05) is 42.5 Å². The van der Waals surface area contributed by atoms with Crippen molar-refractivity contribution in [1.82, 2.24) is 5.32 Å². The lowest BCUT2D eigenvalue weighted by Crippen LogP contribution is -2.43. The van der Waals surface area contributed by atoms with Crippen LogP contribution in [0.15, 0.2) is 54.6 Å². The zero-order valence-corrected chi connectivity index (χ0v) is 15.2. The minimum absolute atomic E-state index is 0.0247. The van der Waals surface area contributed by atoms with Gasteiger partial charge in [0.1, 0.15) is 6.04 Å². The second-order valence-electron chi connectivity index (χ2n) is 7.07. The fraction of sp³-hybridized carbons (Fsp3) is 0.333. The number of carbonyl (C=O) groups is 2. The molecule has 0 spiro atoms. The predicted octanol–water partition coefficient (Wildman–Crippen LogP) is 3.50. The molecule has 0 fully saturated rings. The summed E-state index contributed by atoms with van der Waals surface area (Å²) in [7, 11) is 1.32. The quantitative estimate of drug-likeness (QED) is 0.848. The summed E-state index contributed by atoms with van der Waals surface area (Å²) in [6.45, 7) is 6.36. The average molecular weight is 339 g/mol. The van der Waals surface area contributed by atoms with E-state index in [-0.39, 0.29) is 11.3 Å². The van der Waals surface area contributed by atoms with E-state index in [4.69, 9.17) is 4.74 Å². The molecule has 25 heavy (non-hydrogen) atoms. The van der Waals surface area contributed by atoms with Crippen molar-refractivity contribution >= 4 is 11.9 Å². The van der Waals surface area contributed by atoms with Crippen LogP contribution >= 0.6 is 0 Å². The van der Waals surface area contributed by atoms with Gasteiger partial charge in [-0.15, -0.1) is 0 Å². The van der Waals surface area contributed by atoms with Gasteiger partial charge in [0.25, 0.3) is 5.91 Å². The minimum Gasteiger partial charge on any atom is -0.467 e. The molecule has 1 amide bonds. The van der Waals surface area contributed by atoms with Gasteiger partial charge in [0.15, 0.2) is 0 Å². The third-order valence-electron chi connectivity index (χ3n) is 4.09. The summed E-state index contributed by atoms with van der Waals surface area (Å²) in [5.74, 6) is -0.740. The highest BCUT2D eigenvalue weighted by Gasteiger charge is 2.23. The largest absolute Gasteiger partial charge is 0.467 e. The maximum absolute atomic E-state index is 12.5. The summed E-state index contributed by atoms with van der Waals surface area (Å²) in [6.07, 6.45) is 0.388. The Hall–Kier alpha value is -2.62. The van der Waals surface area contributed by atoms with Gasteiger partial charge in [-0.2, -0.15) is 0 Å². The molecular weight excluding hydrogens is 314 g/mol. The zero-order chi connectivity index (χ0) is 18.4. The van der Waals surface area contributed by atoms with Crippen molar-refractivity contribution in [3.05, 3.63) is 71.3 Å². The number of nitrogens with one attached hydrogen (secondary N) is 1. The maximum Gasteiger partial charge on any atom is 0.328 e. The van der Waals surface area contributed by atoms with Crippen LogP contribution in [0.3, 0.4) is 0 Å². The Labute approximate surface area is 149 Å². The van der Waals surface area contributed by atoms with E-state index in [0.29, 0.717) is 12.0 Å². The van der Waals surface area contributed by atoms with Crippen LogP contribution in [0, 0.1) is 0 Å². The average Bonchev–Trinajstić information content (AvgIpc) is 2.60. The second-order valence-corrected chi connectivity index (χ2v) is 7.07. The molecule has 0 saturated carbocycles. The molecule has 0 aliphatic carbocycles. The van der Waals surface area contributed by atoms with E-state index >= 15 is 0 Å². The number of benzene rings is 2. The molecule has 2 aromatic carbocycles. The van der Waals surface area contributed by atoms with Crippen LogP contribution in [0.2, 0.25) is 0 Å². The molecule has 0 aromatic heterocycles. The molecule has 0 saturated heterocycles. The maximum atomic E-state index is 12.5. The summed E-state index contributed by atoms with van der Waals surface area (Å²) >= 11 is 0. The number of hydrogen-bond donors (Lipinski definition) is 1. The topological polar surface area (TPSA) is 55.4 Å². The van der Waals surface area contributed by atoms with E-state index in [1.165, 1.54) is 7.11 Å². The summed E-state index contributed by atoms with van der Waals surface area (Å²) in [4.78, 5) is 24.5. The first-order valence-electron chi connectivity index (χ1n) is 8.34. The SMILES string of the molecule is COC(=O)[C@@H](Cc1ccccc1)NC(=O)c1ccc(C(C)(C)C)cc1. The summed E-state index contributed by atoms with van der Waals surface area (Å²) in [5.41, 5.74) is 2.66. The van der Waals surface area contributed by atoms with Gasteiger partial charge in [0.2, 0.25) is 0 Å². The van der Waals surface area contributed by atoms with Crippen LogP contribution in [0.25, 0.3) is 0 Å². The van der Waals surface area contributed by atoms with Gasteiger partial charge in [-0.05, 0) is 28.7 Å². The van der Waals surface area contributed by atoms with Gasteiger partial charge < -0.3 is 10.1 Å². The lowest BCUT2D eigenvalue weighted by molar-refractivity contribution is -0.142. The Morgan fingerprint density at radius 1 is 1.00 bits per heavy atom. The number of methoxy groups -OCH3 is 1. The van der Waals surface area contributed by atoms with Crippen molar-refractivity contribution in [1.29, 1.82) is 0 Å². The van der Waals surface area contributed by atoms with E-state index in [9.17, 15) is 9.59 Å². The third-order valence-corrected chi connectivity index (χ3v) is 4.09. The standard InChI is InChI=1S/C21H25NO3/c1-21(2,3)17-12-10-16(11-13-17)19(23)22-18(20(24)25-4)14-15-8-6-5-7-9-15/h5-13,18H,14H2,1-4H3,(H,22,23)/t18-/m1/s1. The second kappa shape index (κ2) is 7.97. The number of amides is 1. The molecule has 4 nitrogen and oxygen atoms in total. The van der Waals surface area contributed by atoms with Gasteiger partial charge in [0.05, 0.1) is 7.11 Å². The number of esters is 1. The first-order valence-corrected chi connectivity index (χ1v) is 8.34. The van der Waals surface area contributed by atoms with Crippen molar-refractivity contribution < 1.29 is 14.3 Å². The molecule has 0 bridgehead atoms. The molecule has 1 atom stereocenters. The van der Waals surface area contributed by atoms with Gasteiger partial charge in [-0.25, -0.2) is 4.79 Å². The van der Waals surface area contributed by atoms with Crippen LogP contribution in [-0.2, 0) is 21.4 Å². The highest BCUT2D eigenvalue weighted by Crippen LogP contribution is 2.22. The molecule has 2 rings (SSSR count). The molecule has 0 radical (unpaired) electrons. The summed E-state index contributed by atoms with van der Waals surface area (Å²) < 4.78 is 4.83. The highest BCUT2D eigenvalue weighted by molar-refractivity contribution is 5.96. The Morgan fingerprint density at radius 2 is 1.60 bits per heavy atom. The van der Waals surface area contributed by atoms with Crippen molar-refractivity contribution in [3.63, 3.8) is 0 Å². The summed E-state index contributed by atoms with van der Waals surface area (Å²) in [6, 6.07) is 16.3. The Balaban J connectivity index is 2.12. The Morgan fingerprint density at radius 3 is 2.12 bits per heavy atom. The van der Waals surface area contributed by atoms with Crippen molar-refractivity contribution in [2.75, 3.05) is 7.11 Å².